The lowest BCUT2D eigenvalue weighted by molar-refractivity contribution is -0.0442. The molecule has 0 bridgehead atoms. The molecule has 0 fully saturated rings. The fourth-order valence-corrected chi connectivity index (χ4v) is 4.18. The number of amides is 1. The smallest absolute Gasteiger partial charge is 0.473 e. The molecule has 0 radical (unpaired) electrons. The van der Waals surface area contributed by atoms with E-state index in [-0.39, 0.29) is 21.3 Å². The molecular weight excluding hydrogens is 454 g/mol. The van der Waals surface area contributed by atoms with Crippen LogP contribution in [0.15, 0.2) is 36.5 Å². The van der Waals surface area contributed by atoms with Gasteiger partial charge in [-0.2, -0.15) is 21.6 Å². The molecule has 0 saturated heterocycles. The first-order valence-electron chi connectivity index (χ1n) is 8.13. The Morgan fingerprint density at radius 2 is 1.93 bits per heavy atom. The van der Waals surface area contributed by atoms with Crippen molar-refractivity contribution in [1.82, 2.24) is 4.98 Å². The lowest BCUT2D eigenvalue weighted by Crippen LogP contribution is -2.54. The highest BCUT2D eigenvalue weighted by atomic mass is 35.5. The summed E-state index contributed by atoms with van der Waals surface area (Å²) in [6.45, 7) is 1.31. The van der Waals surface area contributed by atoms with Gasteiger partial charge in [-0.05, 0) is 49.7 Å². The van der Waals surface area contributed by atoms with Crippen LogP contribution in [0.1, 0.15) is 22.8 Å². The highest BCUT2D eigenvalue weighted by molar-refractivity contribution is 7.93. The van der Waals surface area contributed by atoms with Gasteiger partial charge in [-0.25, -0.2) is 13.7 Å². The Hall–Kier alpha value is -2.60. The Morgan fingerprint density at radius 3 is 2.47 bits per heavy atom. The Morgan fingerprint density at radius 1 is 1.30 bits per heavy atom. The molecular formula is C17H16ClF4N3O4S. The second-order valence-electron chi connectivity index (χ2n) is 6.30. The summed E-state index contributed by atoms with van der Waals surface area (Å²) in [6, 6.07) is 5.12. The van der Waals surface area contributed by atoms with Crippen molar-refractivity contribution in [1.29, 1.82) is 0 Å². The molecule has 1 aromatic heterocycles. The quantitative estimate of drug-likeness (QED) is 0.381. The van der Waals surface area contributed by atoms with Gasteiger partial charge in [-0.15, -0.1) is 0 Å². The number of nitrogens with zero attached hydrogens (tertiary/aromatic N) is 2. The first kappa shape index (κ1) is 23.7. The van der Waals surface area contributed by atoms with Crippen molar-refractivity contribution in [3.8, 4) is 5.88 Å². The van der Waals surface area contributed by atoms with Crippen LogP contribution < -0.4 is 14.8 Å². The van der Waals surface area contributed by atoms with Crippen LogP contribution in [0.2, 0.25) is 0 Å². The number of rotatable bonds is 7. The summed E-state index contributed by atoms with van der Waals surface area (Å²) in [5.41, 5.74) is -1.35. The number of nitrogens with two attached hydrogens (primary N) is 1. The van der Waals surface area contributed by atoms with Gasteiger partial charge in [0.15, 0.2) is 5.00 Å². The molecule has 164 valence electrons. The average Bonchev–Trinajstić information content (AvgIpc) is 2.61. The highest BCUT2D eigenvalue weighted by Crippen LogP contribution is 2.40. The summed E-state index contributed by atoms with van der Waals surface area (Å²) >= 11 is 6.20. The molecule has 2 rings (SSSR count). The molecule has 13 heteroatoms. The third-order valence-electron chi connectivity index (χ3n) is 3.84. The molecule has 2 aromatic rings. The van der Waals surface area contributed by atoms with E-state index in [1.807, 2.05) is 0 Å². The van der Waals surface area contributed by atoms with E-state index in [1.165, 1.54) is 25.3 Å². The Bertz CT molecular complexity index is 1060. The van der Waals surface area contributed by atoms with Gasteiger partial charge in [-0.3, -0.25) is 4.79 Å². The lowest BCUT2D eigenvalue weighted by atomic mass is 10.1. The van der Waals surface area contributed by atoms with Crippen LogP contribution in [-0.2, 0) is 10.0 Å². The van der Waals surface area contributed by atoms with Crippen molar-refractivity contribution < 1.29 is 35.5 Å². The van der Waals surface area contributed by atoms with Gasteiger partial charge in [0, 0.05) is 6.20 Å². The summed E-state index contributed by atoms with van der Waals surface area (Å²) in [5, 5.41) is 0. The number of benzene rings is 1. The van der Waals surface area contributed by atoms with Crippen molar-refractivity contribution in [2.45, 2.75) is 24.4 Å². The maximum atomic E-state index is 13.4. The fraction of sp³-hybridized carbons (Fsp3) is 0.294. The number of sulfonamides is 1. The Labute approximate surface area is 174 Å². The molecule has 0 unspecified atom stereocenters. The van der Waals surface area contributed by atoms with Crippen molar-refractivity contribution >= 4 is 33.2 Å². The highest BCUT2D eigenvalue weighted by Gasteiger charge is 2.55. The maximum Gasteiger partial charge on any atom is 0.516 e. The molecule has 1 heterocycles. The number of halogens is 5. The normalized spacial score (nSPS) is 14.1. The monoisotopic (exact) mass is 469 g/mol. The summed E-state index contributed by atoms with van der Waals surface area (Å²) in [7, 11) is -6.03. The number of anilines is 1. The molecule has 0 spiro atoms. The minimum atomic E-state index is -6.03. The Balaban J connectivity index is 2.54. The average molecular weight is 470 g/mol. The van der Waals surface area contributed by atoms with Gasteiger partial charge >= 0.3 is 15.5 Å². The van der Waals surface area contributed by atoms with Crippen LogP contribution >= 0.6 is 11.6 Å². The summed E-state index contributed by atoms with van der Waals surface area (Å²) in [6.07, 6.45) is 1.22. The Kier molecular flexibility index (Phi) is 6.52. The number of primary amides is 1. The minimum Gasteiger partial charge on any atom is -0.473 e. The number of aryl methyl sites for hydroxylation is 1. The van der Waals surface area contributed by atoms with Gasteiger partial charge in [-0.1, -0.05) is 11.6 Å². The molecule has 1 atom stereocenters. The second kappa shape index (κ2) is 8.26. The summed E-state index contributed by atoms with van der Waals surface area (Å²) < 4.78 is 83.3. The number of carbonyl (C=O) groups is 1. The molecule has 1 aromatic carbocycles. The largest absolute Gasteiger partial charge is 0.516 e. The van der Waals surface area contributed by atoms with E-state index in [0.29, 0.717) is 0 Å². The number of ether oxygens (including phenoxy) is 1. The van der Waals surface area contributed by atoms with Crippen LogP contribution in [-0.4, -0.2) is 36.4 Å². The molecule has 0 aliphatic carbocycles. The van der Waals surface area contributed by atoms with Crippen LogP contribution in [0.3, 0.4) is 0 Å². The van der Waals surface area contributed by atoms with E-state index < -0.39 is 44.5 Å². The number of aromatic nitrogens is 1. The zero-order valence-corrected chi connectivity index (χ0v) is 17.1. The zero-order valence-electron chi connectivity index (χ0n) is 15.6. The number of carbonyl (C=O) groups excluding carboxylic acids is 1. The standard InChI is InChI=1S/C17H16ClF4N3O4S/c1-10-8-11(19)5-6-13(10)25(30(27,28)17(20,21)22)16(2,18)9-29-15-12(14(23)26)4-3-7-24-15/h3-8H,9H2,1-2H3,(H2,23,26)/t16-/m1/s1. The minimum absolute atomic E-state index is 0.108. The SMILES string of the molecule is Cc1cc(F)ccc1N([C@@](C)(Cl)COc1ncccc1C(N)=O)S(=O)(=O)C(F)(F)F. The van der Waals surface area contributed by atoms with E-state index in [1.54, 1.807) is 0 Å². The van der Waals surface area contributed by atoms with E-state index in [9.17, 15) is 30.8 Å². The van der Waals surface area contributed by atoms with Crippen molar-refractivity contribution in [3.63, 3.8) is 0 Å². The molecule has 1 amide bonds. The predicted octanol–water partition coefficient (Wildman–Crippen LogP) is 3.32. The predicted molar refractivity (Wildman–Crippen MR) is 101 cm³/mol. The number of alkyl halides is 4. The fourth-order valence-electron chi connectivity index (χ4n) is 2.53. The van der Waals surface area contributed by atoms with Gasteiger partial charge < -0.3 is 10.5 Å². The van der Waals surface area contributed by atoms with E-state index >= 15 is 0 Å². The third-order valence-corrected chi connectivity index (χ3v) is 5.89. The molecule has 0 aliphatic heterocycles. The molecule has 0 aliphatic rings. The first-order chi connectivity index (χ1) is 13.7. The number of hydrogen-bond acceptors (Lipinski definition) is 5. The summed E-state index contributed by atoms with van der Waals surface area (Å²) in [4.78, 5) is 12.8. The third kappa shape index (κ3) is 4.75. The van der Waals surface area contributed by atoms with Crippen molar-refractivity contribution in [2.24, 2.45) is 5.73 Å². The van der Waals surface area contributed by atoms with Gasteiger partial charge in [0.05, 0.1) is 5.69 Å². The van der Waals surface area contributed by atoms with Crippen molar-refractivity contribution in [2.75, 3.05) is 10.9 Å². The first-order valence-corrected chi connectivity index (χ1v) is 9.94. The van der Waals surface area contributed by atoms with Crippen LogP contribution in [0.5, 0.6) is 5.88 Å². The molecule has 0 saturated carbocycles. The molecule has 2 N–H and O–H groups in total. The topological polar surface area (TPSA) is 103 Å². The van der Waals surface area contributed by atoms with E-state index in [4.69, 9.17) is 22.1 Å². The van der Waals surface area contributed by atoms with Crippen molar-refractivity contribution in [3.05, 3.63) is 53.5 Å². The van der Waals surface area contributed by atoms with Crippen LogP contribution in [0, 0.1) is 12.7 Å². The number of pyridine rings is 1. The van der Waals surface area contributed by atoms with E-state index in [2.05, 4.69) is 4.98 Å². The van der Waals surface area contributed by atoms with E-state index in [0.717, 1.165) is 25.1 Å². The second-order valence-corrected chi connectivity index (χ2v) is 8.89. The summed E-state index contributed by atoms with van der Waals surface area (Å²) in [5.74, 6) is -2.06. The van der Waals surface area contributed by atoms with Gasteiger partial charge in [0.1, 0.15) is 18.0 Å². The van der Waals surface area contributed by atoms with Gasteiger partial charge in [0.25, 0.3) is 5.91 Å². The number of hydrogen-bond donors (Lipinski definition) is 1. The van der Waals surface area contributed by atoms with Gasteiger partial charge in [0.2, 0.25) is 5.88 Å². The lowest BCUT2D eigenvalue weighted by Gasteiger charge is -2.37. The van der Waals surface area contributed by atoms with Crippen LogP contribution in [0.4, 0.5) is 23.2 Å². The molecule has 7 nitrogen and oxygen atoms in total. The molecule has 30 heavy (non-hydrogen) atoms. The maximum absolute atomic E-state index is 13.4. The van der Waals surface area contributed by atoms with Crippen LogP contribution in [0.25, 0.3) is 0 Å². The zero-order chi connectivity index (χ0) is 22.9.